The molecule has 8 nitrogen and oxygen atoms in total. The van der Waals surface area contributed by atoms with Gasteiger partial charge in [-0.1, -0.05) is 6.07 Å². The molecule has 0 aliphatic carbocycles. The Bertz CT molecular complexity index is 1010. The van der Waals surface area contributed by atoms with Crippen molar-refractivity contribution in [1.29, 1.82) is 0 Å². The van der Waals surface area contributed by atoms with Gasteiger partial charge in [0.05, 0.1) is 7.11 Å². The summed E-state index contributed by atoms with van der Waals surface area (Å²) in [5.74, 6) is 2.12. The van der Waals surface area contributed by atoms with E-state index in [1.165, 1.54) is 5.56 Å². The Balaban J connectivity index is 1.23. The van der Waals surface area contributed by atoms with Gasteiger partial charge in [-0.15, -0.1) is 0 Å². The number of carbonyl (C=O) groups excluding carboxylic acids is 2. The number of nitrogens with zero attached hydrogens (tertiary/aromatic N) is 3. The first-order valence-corrected chi connectivity index (χ1v) is 10.0. The fraction of sp³-hybridized carbons (Fsp3) is 0.364. The Morgan fingerprint density at radius 2 is 1.90 bits per heavy atom. The lowest BCUT2D eigenvalue weighted by Crippen LogP contribution is -2.44. The van der Waals surface area contributed by atoms with E-state index in [1.807, 2.05) is 29.2 Å². The summed E-state index contributed by atoms with van der Waals surface area (Å²) >= 11 is 0. The van der Waals surface area contributed by atoms with Crippen molar-refractivity contribution < 1.29 is 23.8 Å². The molecule has 30 heavy (non-hydrogen) atoms. The van der Waals surface area contributed by atoms with Crippen LogP contribution in [0.15, 0.2) is 36.4 Å². The number of benzene rings is 2. The number of carbonyl (C=O) groups is 2. The number of hydrogen-bond acceptors (Lipinski definition) is 5. The SMILES string of the molecule is COc1ccc2c(c1)CCN(C(=O)CN1CCN(c3ccc4c(c3)OCO4)C1=O)C2. The zero-order valence-electron chi connectivity index (χ0n) is 16.8. The molecule has 5 rings (SSSR count). The van der Waals surface area contributed by atoms with Crippen molar-refractivity contribution in [3.63, 3.8) is 0 Å². The predicted octanol–water partition coefficient (Wildman–Crippen LogP) is 2.25. The van der Waals surface area contributed by atoms with E-state index in [1.54, 1.807) is 29.0 Å². The van der Waals surface area contributed by atoms with Gasteiger partial charge in [-0.3, -0.25) is 9.69 Å². The fourth-order valence-corrected chi connectivity index (χ4v) is 4.15. The zero-order valence-corrected chi connectivity index (χ0v) is 16.8. The first-order valence-electron chi connectivity index (χ1n) is 10.0. The van der Waals surface area contributed by atoms with Crippen LogP contribution in [0.2, 0.25) is 0 Å². The number of anilines is 1. The molecule has 0 atom stereocenters. The van der Waals surface area contributed by atoms with Crippen molar-refractivity contribution in [1.82, 2.24) is 9.80 Å². The molecule has 0 radical (unpaired) electrons. The number of urea groups is 1. The molecule has 1 saturated heterocycles. The van der Waals surface area contributed by atoms with Gasteiger partial charge in [0.2, 0.25) is 12.7 Å². The molecule has 3 aliphatic rings. The van der Waals surface area contributed by atoms with Crippen LogP contribution in [0.5, 0.6) is 17.2 Å². The van der Waals surface area contributed by atoms with E-state index >= 15 is 0 Å². The Morgan fingerprint density at radius 1 is 1.03 bits per heavy atom. The number of hydrogen-bond donors (Lipinski definition) is 0. The molecule has 2 aromatic rings. The first kappa shape index (κ1) is 18.6. The summed E-state index contributed by atoms with van der Waals surface area (Å²) in [5, 5.41) is 0. The minimum absolute atomic E-state index is 0.0302. The Morgan fingerprint density at radius 3 is 2.77 bits per heavy atom. The van der Waals surface area contributed by atoms with Gasteiger partial charge in [0.1, 0.15) is 12.3 Å². The zero-order chi connectivity index (χ0) is 20.7. The second-order valence-electron chi connectivity index (χ2n) is 7.59. The summed E-state index contributed by atoms with van der Waals surface area (Å²) in [7, 11) is 1.65. The number of fused-ring (bicyclic) bond motifs is 2. The number of rotatable bonds is 4. The highest BCUT2D eigenvalue weighted by Crippen LogP contribution is 2.36. The lowest BCUT2D eigenvalue weighted by atomic mass is 9.99. The molecule has 0 spiro atoms. The van der Waals surface area contributed by atoms with Gasteiger partial charge in [-0.2, -0.15) is 0 Å². The van der Waals surface area contributed by atoms with Crippen LogP contribution < -0.4 is 19.1 Å². The van der Waals surface area contributed by atoms with Crippen LogP contribution in [0.1, 0.15) is 11.1 Å². The smallest absolute Gasteiger partial charge is 0.325 e. The van der Waals surface area contributed by atoms with Crippen molar-refractivity contribution >= 4 is 17.6 Å². The third-order valence-electron chi connectivity index (χ3n) is 5.87. The lowest BCUT2D eigenvalue weighted by Gasteiger charge is -2.30. The number of methoxy groups -OCH3 is 1. The van der Waals surface area contributed by atoms with E-state index in [2.05, 4.69) is 0 Å². The molecule has 0 saturated carbocycles. The van der Waals surface area contributed by atoms with Crippen molar-refractivity contribution in [2.24, 2.45) is 0 Å². The fourth-order valence-electron chi connectivity index (χ4n) is 4.15. The van der Waals surface area contributed by atoms with Crippen LogP contribution in [0.3, 0.4) is 0 Å². The van der Waals surface area contributed by atoms with Gasteiger partial charge in [-0.05, 0) is 41.8 Å². The molecule has 0 N–H and O–H groups in total. The second kappa shape index (κ2) is 7.44. The van der Waals surface area contributed by atoms with E-state index < -0.39 is 0 Å². The molecule has 3 heterocycles. The maximum atomic E-state index is 12.9. The topological polar surface area (TPSA) is 71.6 Å². The van der Waals surface area contributed by atoms with Gasteiger partial charge in [0.25, 0.3) is 0 Å². The van der Waals surface area contributed by atoms with Crippen molar-refractivity contribution in [3.8, 4) is 17.2 Å². The summed E-state index contributed by atoms with van der Waals surface area (Å²) in [4.78, 5) is 30.9. The standard InChI is InChI=1S/C22H23N3O5/c1-28-18-4-2-16-12-23(7-6-15(16)10-18)21(26)13-24-8-9-25(22(24)27)17-3-5-19-20(11-17)30-14-29-19/h2-5,10-11H,6-9,12-14H2,1H3. The van der Waals surface area contributed by atoms with Crippen LogP contribution in [-0.4, -0.2) is 61.8 Å². The van der Waals surface area contributed by atoms with Crippen LogP contribution in [0.4, 0.5) is 10.5 Å². The molecule has 3 amide bonds. The van der Waals surface area contributed by atoms with Crippen LogP contribution >= 0.6 is 0 Å². The quantitative estimate of drug-likeness (QED) is 0.775. The minimum atomic E-state index is -0.163. The Hall–Kier alpha value is -3.42. The molecule has 0 unspecified atom stereocenters. The highest BCUT2D eigenvalue weighted by atomic mass is 16.7. The van der Waals surface area contributed by atoms with E-state index in [9.17, 15) is 9.59 Å². The van der Waals surface area contributed by atoms with Crippen LogP contribution in [0.25, 0.3) is 0 Å². The van der Waals surface area contributed by atoms with E-state index in [-0.39, 0.29) is 25.3 Å². The van der Waals surface area contributed by atoms with Gasteiger partial charge in [-0.25, -0.2) is 4.79 Å². The molecule has 1 fully saturated rings. The van der Waals surface area contributed by atoms with Gasteiger partial charge < -0.3 is 24.0 Å². The summed E-state index contributed by atoms with van der Waals surface area (Å²) in [6, 6.07) is 11.2. The van der Waals surface area contributed by atoms with Crippen molar-refractivity contribution in [2.45, 2.75) is 13.0 Å². The van der Waals surface area contributed by atoms with Crippen molar-refractivity contribution in [3.05, 3.63) is 47.5 Å². The summed E-state index contributed by atoms with van der Waals surface area (Å²) in [5.41, 5.74) is 3.09. The van der Waals surface area contributed by atoms with Gasteiger partial charge in [0.15, 0.2) is 11.5 Å². The van der Waals surface area contributed by atoms with Crippen molar-refractivity contribution in [2.75, 3.05) is 45.0 Å². The highest BCUT2D eigenvalue weighted by Gasteiger charge is 2.33. The Labute approximate surface area is 174 Å². The number of amides is 3. The minimum Gasteiger partial charge on any atom is -0.497 e. The molecule has 0 aromatic heterocycles. The highest BCUT2D eigenvalue weighted by molar-refractivity contribution is 5.96. The average molecular weight is 409 g/mol. The van der Waals surface area contributed by atoms with E-state index in [4.69, 9.17) is 14.2 Å². The van der Waals surface area contributed by atoms with E-state index in [0.29, 0.717) is 37.7 Å². The predicted molar refractivity (Wildman–Crippen MR) is 109 cm³/mol. The maximum absolute atomic E-state index is 12.9. The molecular formula is C22H23N3O5. The third-order valence-corrected chi connectivity index (χ3v) is 5.87. The molecular weight excluding hydrogens is 386 g/mol. The lowest BCUT2D eigenvalue weighted by molar-refractivity contribution is -0.132. The maximum Gasteiger partial charge on any atom is 0.325 e. The summed E-state index contributed by atoms with van der Waals surface area (Å²) in [6.07, 6.45) is 0.787. The largest absolute Gasteiger partial charge is 0.497 e. The molecule has 156 valence electrons. The molecule has 2 aromatic carbocycles. The van der Waals surface area contributed by atoms with E-state index in [0.717, 1.165) is 23.4 Å². The second-order valence-corrected chi connectivity index (χ2v) is 7.59. The monoisotopic (exact) mass is 409 g/mol. The van der Waals surface area contributed by atoms with Crippen LogP contribution in [0, 0.1) is 0 Å². The van der Waals surface area contributed by atoms with Crippen LogP contribution in [-0.2, 0) is 17.8 Å². The third kappa shape index (κ3) is 3.28. The molecule has 8 heteroatoms. The molecule has 0 bridgehead atoms. The number of ether oxygens (including phenoxy) is 3. The molecule has 3 aliphatic heterocycles. The summed E-state index contributed by atoms with van der Waals surface area (Å²) < 4.78 is 16.0. The Kier molecular flexibility index (Phi) is 4.61. The summed E-state index contributed by atoms with van der Waals surface area (Å²) in [6.45, 7) is 2.54. The normalized spacial score (nSPS) is 17.4. The first-order chi connectivity index (χ1) is 14.6. The average Bonchev–Trinajstić information content (AvgIpc) is 3.39. The van der Waals surface area contributed by atoms with Gasteiger partial charge in [0, 0.05) is 37.9 Å². The van der Waals surface area contributed by atoms with Gasteiger partial charge >= 0.3 is 6.03 Å².